The molecule has 3 fully saturated rings. The van der Waals surface area contributed by atoms with E-state index in [0.717, 1.165) is 62.4 Å². The maximum atomic E-state index is 13.8. The van der Waals surface area contributed by atoms with Crippen LogP contribution in [-0.4, -0.2) is 60.9 Å². The second kappa shape index (κ2) is 8.38. The topological polar surface area (TPSA) is 56.6 Å². The van der Waals surface area contributed by atoms with Gasteiger partial charge in [-0.2, -0.15) is 0 Å². The summed E-state index contributed by atoms with van der Waals surface area (Å²) >= 11 is 6.21. The van der Waals surface area contributed by atoms with Crippen molar-refractivity contribution in [2.75, 3.05) is 39.4 Å². The molecule has 3 aliphatic rings. The van der Waals surface area contributed by atoms with Gasteiger partial charge in [-0.25, -0.2) is 0 Å². The first kappa shape index (κ1) is 20.7. The number of hydrogen-bond acceptors (Lipinski definition) is 4. The Hall–Kier alpha value is -2.21. The summed E-state index contributed by atoms with van der Waals surface area (Å²) in [5.41, 5.74) is 2.55. The van der Waals surface area contributed by atoms with Gasteiger partial charge in [-0.3, -0.25) is 20.0 Å². The molecule has 5 nitrogen and oxygen atoms in total. The van der Waals surface area contributed by atoms with Crippen LogP contribution in [-0.2, 0) is 14.9 Å². The van der Waals surface area contributed by atoms with Gasteiger partial charge in [0.25, 0.3) is 0 Å². The number of benzene rings is 2. The SMILES string of the molecule is N=C1CC(c2cccc(-c3cccc(Cl)c3)c2)(C2CC2)C(=O)N1CCN1CCOCC1. The number of ether oxygens (including phenoxy) is 1. The maximum Gasteiger partial charge on any atom is 0.239 e. The highest BCUT2D eigenvalue weighted by atomic mass is 35.5. The average molecular weight is 438 g/mol. The van der Waals surface area contributed by atoms with E-state index in [9.17, 15) is 4.79 Å². The quantitative estimate of drug-likeness (QED) is 0.736. The van der Waals surface area contributed by atoms with Crippen molar-refractivity contribution in [1.29, 1.82) is 5.41 Å². The van der Waals surface area contributed by atoms with Gasteiger partial charge in [0.1, 0.15) is 5.84 Å². The first-order valence-corrected chi connectivity index (χ1v) is 11.5. The van der Waals surface area contributed by atoms with Gasteiger partial charge < -0.3 is 4.74 Å². The van der Waals surface area contributed by atoms with Gasteiger partial charge >= 0.3 is 0 Å². The van der Waals surface area contributed by atoms with Crippen LogP contribution in [0.15, 0.2) is 48.5 Å². The molecule has 1 amide bonds. The van der Waals surface area contributed by atoms with Gasteiger partial charge in [0, 0.05) is 37.6 Å². The third kappa shape index (κ3) is 3.91. The predicted octanol–water partition coefficient (Wildman–Crippen LogP) is 4.20. The maximum absolute atomic E-state index is 13.8. The number of carbonyl (C=O) groups is 1. The molecule has 6 heteroatoms. The van der Waals surface area contributed by atoms with Crippen LogP contribution in [0.4, 0.5) is 0 Å². The molecule has 162 valence electrons. The fourth-order valence-electron chi connectivity index (χ4n) is 5.10. The third-order valence-electron chi connectivity index (χ3n) is 6.95. The van der Waals surface area contributed by atoms with E-state index in [1.165, 1.54) is 0 Å². The summed E-state index contributed by atoms with van der Waals surface area (Å²) in [6.07, 6.45) is 2.61. The van der Waals surface area contributed by atoms with Crippen LogP contribution in [0.3, 0.4) is 0 Å². The highest BCUT2D eigenvalue weighted by Crippen LogP contribution is 2.53. The zero-order valence-corrected chi connectivity index (χ0v) is 18.4. The van der Waals surface area contributed by atoms with Crippen molar-refractivity contribution in [3.05, 3.63) is 59.1 Å². The molecule has 1 aliphatic carbocycles. The van der Waals surface area contributed by atoms with Crippen molar-refractivity contribution in [2.45, 2.75) is 24.7 Å². The van der Waals surface area contributed by atoms with Crippen LogP contribution < -0.4 is 0 Å². The summed E-state index contributed by atoms with van der Waals surface area (Å²) in [5.74, 6) is 0.887. The first-order chi connectivity index (χ1) is 15.1. The molecule has 0 bridgehead atoms. The summed E-state index contributed by atoms with van der Waals surface area (Å²) in [6.45, 7) is 4.65. The normalized spacial score (nSPS) is 24.7. The molecule has 2 aliphatic heterocycles. The lowest BCUT2D eigenvalue weighted by molar-refractivity contribution is -0.132. The van der Waals surface area contributed by atoms with Crippen LogP contribution in [0, 0.1) is 11.3 Å². The largest absolute Gasteiger partial charge is 0.379 e. The van der Waals surface area contributed by atoms with Gasteiger partial charge in [-0.1, -0.05) is 48.0 Å². The molecule has 0 aromatic heterocycles. The molecule has 2 heterocycles. The number of morpholine rings is 1. The summed E-state index contributed by atoms with van der Waals surface area (Å²) < 4.78 is 5.43. The predicted molar refractivity (Wildman–Crippen MR) is 123 cm³/mol. The second-order valence-electron chi connectivity index (χ2n) is 8.87. The summed E-state index contributed by atoms with van der Waals surface area (Å²) in [7, 11) is 0. The lowest BCUT2D eigenvalue weighted by atomic mass is 9.74. The molecular formula is C25H28ClN3O2. The van der Waals surface area contributed by atoms with Crippen molar-refractivity contribution < 1.29 is 9.53 Å². The summed E-state index contributed by atoms with van der Waals surface area (Å²) in [4.78, 5) is 17.9. The lowest BCUT2D eigenvalue weighted by Gasteiger charge is -2.30. The van der Waals surface area contributed by atoms with Gasteiger partial charge in [-0.05, 0) is 47.6 Å². The molecule has 31 heavy (non-hydrogen) atoms. The van der Waals surface area contributed by atoms with Crippen LogP contribution in [0.5, 0.6) is 0 Å². The highest BCUT2D eigenvalue weighted by molar-refractivity contribution is 6.30. The summed E-state index contributed by atoms with van der Waals surface area (Å²) in [5, 5.41) is 9.37. The highest BCUT2D eigenvalue weighted by Gasteiger charge is 2.58. The van der Waals surface area contributed by atoms with Crippen LogP contribution in [0.2, 0.25) is 5.02 Å². The monoisotopic (exact) mass is 437 g/mol. The number of hydrogen-bond donors (Lipinski definition) is 1. The molecule has 1 unspecified atom stereocenters. The molecule has 0 spiro atoms. The Labute approximate surface area is 188 Å². The van der Waals surface area contributed by atoms with Gasteiger partial charge in [-0.15, -0.1) is 0 Å². The smallest absolute Gasteiger partial charge is 0.239 e. The van der Waals surface area contributed by atoms with Gasteiger partial charge in [0.05, 0.1) is 18.6 Å². The Morgan fingerprint density at radius 1 is 1.03 bits per heavy atom. The number of rotatable bonds is 6. The van der Waals surface area contributed by atoms with Crippen LogP contribution in [0.25, 0.3) is 11.1 Å². The number of likely N-dealkylation sites (tertiary alicyclic amines) is 1. The van der Waals surface area contributed by atoms with E-state index < -0.39 is 5.41 Å². The number of halogens is 1. The Morgan fingerprint density at radius 2 is 1.74 bits per heavy atom. The molecule has 1 atom stereocenters. The molecule has 1 N–H and O–H groups in total. The molecule has 2 aromatic rings. The number of nitrogens with one attached hydrogen (secondary N) is 1. The number of amides is 1. The van der Waals surface area contributed by atoms with Crippen molar-refractivity contribution >= 4 is 23.3 Å². The van der Waals surface area contributed by atoms with E-state index in [1.807, 2.05) is 30.3 Å². The van der Waals surface area contributed by atoms with Crippen molar-refractivity contribution in [1.82, 2.24) is 9.80 Å². The third-order valence-corrected chi connectivity index (χ3v) is 7.19. The molecule has 2 saturated heterocycles. The van der Waals surface area contributed by atoms with E-state index >= 15 is 0 Å². The van der Waals surface area contributed by atoms with E-state index in [4.69, 9.17) is 21.7 Å². The van der Waals surface area contributed by atoms with Crippen molar-refractivity contribution in [2.24, 2.45) is 5.92 Å². The van der Waals surface area contributed by atoms with Crippen molar-refractivity contribution in [3.63, 3.8) is 0 Å². The number of amidine groups is 1. The molecule has 0 radical (unpaired) electrons. The minimum absolute atomic E-state index is 0.108. The minimum atomic E-state index is -0.601. The molecule has 5 rings (SSSR count). The van der Waals surface area contributed by atoms with E-state index in [2.05, 4.69) is 23.1 Å². The van der Waals surface area contributed by atoms with E-state index in [0.29, 0.717) is 29.7 Å². The standard InChI is InChI=1S/C25H28ClN3O2/c26-22-6-2-4-19(16-22)18-3-1-5-21(15-18)25(20-7-8-20)17-23(27)29(24(25)30)10-9-28-11-13-31-14-12-28/h1-6,15-16,20,27H,7-14,17H2. The van der Waals surface area contributed by atoms with E-state index in [-0.39, 0.29) is 5.91 Å². The van der Waals surface area contributed by atoms with E-state index in [1.54, 1.807) is 4.90 Å². The minimum Gasteiger partial charge on any atom is -0.379 e. The Kier molecular flexibility index (Phi) is 5.59. The first-order valence-electron chi connectivity index (χ1n) is 11.1. The average Bonchev–Trinajstić information content (AvgIpc) is 3.60. The Morgan fingerprint density at radius 3 is 2.45 bits per heavy atom. The van der Waals surface area contributed by atoms with Gasteiger partial charge in [0.15, 0.2) is 0 Å². The van der Waals surface area contributed by atoms with Gasteiger partial charge in [0.2, 0.25) is 5.91 Å². The zero-order chi connectivity index (χ0) is 21.4. The van der Waals surface area contributed by atoms with Crippen LogP contribution >= 0.6 is 11.6 Å². The number of nitrogens with zero attached hydrogens (tertiary/aromatic N) is 2. The zero-order valence-electron chi connectivity index (χ0n) is 17.6. The molecular weight excluding hydrogens is 410 g/mol. The Balaban J connectivity index is 1.43. The fraction of sp³-hybridized carbons (Fsp3) is 0.440. The Bertz CT molecular complexity index is 1000. The molecule has 1 saturated carbocycles. The second-order valence-corrected chi connectivity index (χ2v) is 9.31. The summed E-state index contributed by atoms with van der Waals surface area (Å²) in [6, 6.07) is 16.1. The fourth-order valence-corrected chi connectivity index (χ4v) is 5.29. The lowest BCUT2D eigenvalue weighted by Crippen LogP contribution is -2.45. The van der Waals surface area contributed by atoms with Crippen LogP contribution in [0.1, 0.15) is 24.8 Å². The van der Waals surface area contributed by atoms with Crippen molar-refractivity contribution in [3.8, 4) is 11.1 Å². The molecule has 2 aromatic carbocycles. The number of carbonyl (C=O) groups excluding carboxylic acids is 1.